The molecule has 92 valence electrons. The Morgan fingerprint density at radius 2 is 2.06 bits per heavy atom. The van der Waals surface area contributed by atoms with Gasteiger partial charge in [-0.05, 0) is 12.5 Å². The van der Waals surface area contributed by atoms with Gasteiger partial charge in [0.1, 0.15) is 0 Å². The molecule has 0 aromatic heterocycles. The number of aromatic hydroxyl groups is 1. The van der Waals surface area contributed by atoms with Crippen LogP contribution in [0.15, 0.2) is 6.07 Å². The molecular formula is C10H8F3NO3. The smallest absolute Gasteiger partial charge is 0.280 e. The number of carbonyl (C=O) groups excluding carboxylic acids is 1. The summed E-state index contributed by atoms with van der Waals surface area (Å²) in [4.78, 5) is 16.5. The van der Waals surface area contributed by atoms with Crippen molar-refractivity contribution in [1.29, 1.82) is 0 Å². The summed E-state index contributed by atoms with van der Waals surface area (Å²) in [6.45, 7) is 0.529. The highest BCUT2D eigenvalue weighted by Crippen LogP contribution is 2.27. The third kappa shape index (κ3) is 1.93. The van der Waals surface area contributed by atoms with Gasteiger partial charge in [0.2, 0.25) is 5.82 Å². The Hall–Kier alpha value is -1.76. The minimum atomic E-state index is -1.72. The molecule has 1 aromatic carbocycles. The van der Waals surface area contributed by atoms with Crippen LogP contribution >= 0.6 is 0 Å². The van der Waals surface area contributed by atoms with E-state index in [1.807, 2.05) is 0 Å². The van der Waals surface area contributed by atoms with Crippen molar-refractivity contribution in [1.82, 2.24) is 5.06 Å². The Bertz CT molecular complexity index is 472. The maximum Gasteiger partial charge on any atom is 0.280 e. The summed E-state index contributed by atoms with van der Waals surface area (Å²) < 4.78 is 39.1. The third-order valence-corrected chi connectivity index (χ3v) is 2.34. The van der Waals surface area contributed by atoms with Crippen LogP contribution in [-0.4, -0.2) is 29.2 Å². The maximum absolute atomic E-state index is 13.4. The van der Waals surface area contributed by atoms with E-state index >= 15 is 0 Å². The van der Waals surface area contributed by atoms with Crippen molar-refractivity contribution in [2.75, 3.05) is 13.2 Å². The molecule has 0 spiro atoms. The number of halogens is 3. The molecule has 0 saturated carbocycles. The zero-order chi connectivity index (χ0) is 12.6. The molecule has 2 rings (SSSR count). The number of hydroxylamine groups is 2. The number of phenolic OH excluding ortho intramolecular Hbond substituents is 1. The average molecular weight is 247 g/mol. The van der Waals surface area contributed by atoms with Gasteiger partial charge in [0.15, 0.2) is 17.4 Å². The highest BCUT2D eigenvalue weighted by atomic mass is 19.2. The number of carbonyl (C=O) groups is 1. The van der Waals surface area contributed by atoms with Crippen molar-refractivity contribution in [3.05, 3.63) is 29.1 Å². The van der Waals surface area contributed by atoms with E-state index in [4.69, 9.17) is 9.94 Å². The fraction of sp³-hybridized carbons (Fsp3) is 0.300. The van der Waals surface area contributed by atoms with E-state index < -0.39 is 34.7 Å². The van der Waals surface area contributed by atoms with E-state index in [9.17, 15) is 18.0 Å². The second-order valence-corrected chi connectivity index (χ2v) is 3.48. The summed E-state index contributed by atoms with van der Waals surface area (Å²) >= 11 is 0. The van der Waals surface area contributed by atoms with Gasteiger partial charge in [0.25, 0.3) is 5.91 Å². The van der Waals surface area contributed by atoms with Crippen LogP contribution in [0.25, 0.3) is 0 Å². The van der Waals surface area contributed by atoms with E-state index in [0.29, 0.717) is 19.1 Å². The lowest BCUT2D eigenvalue weighted by atomic mass is 10.1. The fourth-order valence-electron chi connectivity index (χ4n) is 1.49. The first-order chi connectivity index (χ1) is 8.02. The zero-order valence-corrected chi connectivity index (χ0v) is 8.54. The average Bonchev–Trinajstić information content (AvgIpc) is 2.84. The van der Waals surface area contributed by atoms with Gasteiger partial charge in [-0.3, -0.25) is 9.63 Å². The molecule has 0 atom stereocenters. The van der Waals surface area contributed by atoms with Crippen LogP contribution in [0, 0.1) is 17.5 Å². The van der Waals surface area contributed by atoms with Crippen LogP contribution in [0.2, 0.25) is 0 Å². The van der Waals surface area contributed by atoms with Crippen molar-refractivity contribution in [2.24, 2.45) is 0 Å². The lowest BCUT2D eigenvalue weighted by molar-refractivity contribution is -0.0771. The van der Waals surface area contributed by atoms with E-state index in [1.54, 1.807) is 0 Å². The Morgan fingerprint density at radius 1 is 1.35 bits per heavy atom. The van der Waals surface area contributed by atoms with Gasteiger partial charge in [0.05, 0.1) is 18.7 Å². The maximum atomic E-state index is 13.4. The topological polar surface area (TPSA) is 49.8 Å². The Morgan fingerprint density at radius 3 is 2.65 bits per heavy atom. The lowest BCUT2D eigenvalue weighted by Gasteiger charge is -2.14. The van der Waals surface area contributed by atoms with Gasteiger partial charge in [-0.1, -0.05) is 0 Å². The summed E-state index contributed by atoms with van der Waals surface area (Å²) in [6.07, 6.45) is 0.572. The molecule has 1 aliphatic rings. The van der Waals surface area contributed by atoms with Crippen molar-refractivity contribution in [3.63, 3.8) is 0 Å². The van der Waals surface area contributed by atoms with Gasteiger partial charge in [-0.2, -0.15) is 4.39 Å². The number of nitrogens with zero attached hydrogens (tertiary/aromatic N) is 1. The summed E-state index contributed by atoms with van der Waals surface area (Å²) in [7, 11) is 0. The monoisotopic (exact) mass is 247 g/mol. The van der Waals surface area contributed by atoms with Gasteiger partial charge < -0.3 is 5.11 Å². The normalized spacial score (nSPS) is 15.4. The molecule has 0 aliphatic carbocycles. The molecule has 1 amide bonds. The van der Waals surface area contributed by atoms with Crippen molar-refractivity contribution in [2.45, 2.75) is 6.42 Å². The molecule has 0 radical (unpaired) electrons. The first-order valence-electron chi connectivity index (χ1n) is 4.83. The molecule has 1 fully saturated rings. The van der Waals surface area contributed by atoms with Crippen LogP contribution in [0.5, 0.6) is 5.75 Å². The minimum absolute atomic E-state index is 0.234. The molecular weight excluding hydrogens is 239 g/mol. The largest absolute Gasteiger partial charge is 0.503 e. The molecule has 1 aliphatic heterocycles. The molecule has 1 N–H and O–H groups in total. The molecule has 17 heavy (non-hydrogen) atoms. The summed E-state index contributed by atoms with van der Waals surface area (Å²) in [5, 5.41) is 9.80. The highest BCUT2D eigenvalue weighted by Gasteiger charge is 2.28. The molecule has 1 heterocycles. The molecule has 7 heteroatoms. The van der Waals surface area contributed by atoms with Crippen LogP contribution < -0.4 is 0 Å². The molecule has 1 aromatic rings. The Balaban J connectivity index is 2.41. The Labute approximate surface area is 94.2 Å². The third-order valence-electron chi connectivity index (χ3n) is 2.34. The van der Waals surface area contributed by atoms with Crippen LogP contribution in [-0.2, 0) is 4.84 Å². The van der Waals surface area contributed by atoms with Gasteiger partial charge in [0, 0.05) is 0 Å². The summed E-state index contributed by atoms with van der Waals surface area (Å²) in [6, 6.07) is 0.397. The van der Waals surface area contributed by atoms with Crippen molar-refractivity contribution >= 4 is 5.91 Å². The standard InChI is InChI=1S/C10H8F3NO3/c11-6-4-5(7(12)9(15)8(6)13)10(16)14-2-1-3-17-14/h4,15H,1-3H2. The van der Waals surface area contributed by atoms with E-state index in [-0.39, 0.29) is 6.54 Å². The zero-order valence-electron chi connectivity index (χ0n) is 8.54. The van der Waals surface area contributed by atoms with Crippen molar-refractivity contribution < 1.29 is 27.9 Å². The first-order valence-corrected chi connectivity index (χ1v) is 4.83. The number of benzene rings is 1. The second kappa shape index (κ2) is 4.25. The van der Waals surface area contributed by atoms with E-state index in [1.165, 1.54) is 0 Å². The molecule has 0 bridgehead atoms. The van der Waals surface area contributed by atoms with Crippen LogP contribution in [0.4, 0.5) is 13.2 Å². The van der Waals surface area contributed by atoms with Crippen molar-refractivity contribution in [3.8, 4) is 5.75 Å². The minimum Gasteiger partial charge on any atom is -0.503 e. The molecule has 1 saturated heterocycles. The number of rotatable bonds is 1. The number of phenols is 1. The molecule has 0 unspecified atom stereocenters. The first kappa shape index (κ1) is 11.7. The van der Waals surface area contributed by atoms with Gasteiger partial charge in [-0.15, -0.1) is 0 Å². The second-order valence-electron chi connectivity index (χ2n) is 3.48. The highest BCUT2D eigenvalue weighted by molar-refractivity contribution is 5.94. The van der Waals surface area contributed by atoms with Gasteiger partial charge >= 0.3 is 0 Å². The summed E-state index contributed by atoms with van der Waals surface area (Å²) in [5.41, 5.74) is -0.761. The number of hydrogen-bond acceptors (Lipinski definition) is 3. The Kier molecular flexibility index (Phi) is 2.93. The number of amides is 1. The van der Waals surface area contributed by atoms with E-state index in [2.05, 4.69) is 0 Å². The van der Waals surface area contributed by atoms with Crippen LogP contribution in [0.1, 0.15) is 16.8 Å². The van der Waals surface area contributed by atoms with Crippen LogP contribution in [0.3, 0.4) is 0 Å². The predicted octanol–water partition coefficient (Wildman–Crippen LogP) is 1.59. The van der Waals surface area contributed by atoms with Gasteiger partial charge in [-0.25, -0.2) is 13.8 Å². The fourth-order valence-corrected chi connectivity index (χ4v) is 1.49. The van der Waals surface area contributed by atoms with E-state index in [0.717, 1.165) is 5.06 Å². The quantitative estimate of drug-likeness (QED) is 0.766. The summed E-state index contributed by atoms with van der Waals surface area (Å²) in [5.74, 6) is -7.17. The molecule has 4 nitrogen and oxygen atoms in total. The predicted molar refractivity (Wildman–Crippen MR) is 49.6 cm³/mol. The SMILES string of the molecule is O=C(c1cc(F)c(F)c(O)c1F)N1CCCO1. The lowest BCUT2D eigenvalue weighted by Crippen LogP contribution is -2.27. The number of hydrogen-bond donors (Lipinski definition) is 1.